The number of hydrogen-bond acceptors (Lipinski definition) is 8. The SMILES string of the molecule is CC1=CC(=O)/C(=C/N2C(=S)NC(=O)/C2=C\c2cccc(N([O-])O)c2)C(=O)O1. The van der Waals surface area contributed by atoms with Crippen LogP contribution >= 0.6 is 12.2 Å². The summed E-state index contributed by atoms with van der Waals surface area (Å²) in [5, 5.41) is 22.1. The van der Waals surface area contributed by atoms with E-state index in [1.54, 1.807) is 6.07 Å². The number of ketones is 1. The summed E-state index contributed by atoms with van der Waals surface area (Å²) in [4.78, 5) is 37.4. The summed E-state index contributed by atoms with van der Waals surface area (Å²) >= 11 is 5.08. The molecule has 0 spiro atoms. The molecule has 2 N–H and O–H groups in total. The van der Waals surface area contributed by atoms with E-state index < -0.39 is 17.7 Å². The van der Waals surface area contributed by atoms with Gasteiger partial charge in [-0.15, -0.1) is 0 Å². The third kappa shape index (κ3) is 3.77. The summed E-state index contributed by atoms with van der Waals surface area (Å²) < 4.78 is 4.91. The maximum Gasteiger partial charge on any atom is 0.348 e. The second-order valence-electron chi connectivity index (χ2n) is 5.58. The van der Waals surface area contributed by atoms with Gasteiger partial charge in [0.25, 0.3) is 5.91 Å². The fourth-order valence-corrected chi connectivity index (χ4v) is 2.68. The van der Waals surface area contributed by atoms with E-state index in [-0.39, 0.29) is 33.1 Å². The molecule has 10 heteroatoms. The first kappa shape index (κ1) is 18.5. The summed E-state index contributed by atoms with van der Waals surface area (Å²) in [6.07, 6.45) is 3.66. The van der Waals surface area contributed by atoms with Gasteiger partial charge in [0.15, 0.2) is 10.9 Å². The lowest BCUT2D eigenvalue weighted by Crippen LogP contribution is -2.27. The molecule has 9 nitrogen and oxygen atoms in total. The van der Waals surface area contributed by atoms with Crippen LogP contribution in [-0.4, -0.2) is 32.9 Å². The predicted octanol–water partition coefficient (Wildman–Crippen LogP) is 1.35. The summed E-state index contributed by atoms with van der Waals surface area (Å²) in [7, 11) is 0. The van der Waals surface area contributed by atoms with Crippen LogP contribution in [0, 0.1) is 5.21 Å². The van der Waals surface area contributed by atoms with Gasteiger partial charge in [0.2, 0.25) is 0 Å². The molecule has 2 heterocycles. The van der Waals surface area contributed by atoms with Crippen molar-refractivity contribution in [3.05, 3.63) is 64.3 Å². The second kappa shape index (κ2) is 7.11. The Labute approximate surface area is 158 Å². The summed E-state index contributed by atoms with van der Waals surface area (Å²) in [6.45, 7) is 1.47. The fraction of sp³-hybridized carbons (Fsp3) is 0.0588. The molecule has 0 saturated carbocycles. The van der Waals surface area contributed by atoms with Crippen LogP contribution in [0.5, 0.6) is 0 Å². The van der Waals surface area contributed by atoms with Gasteiger partial charge in [-0.25, -0.2) is 4.79 Å². The lowest BCUT2D eigenvalue weighted by molar-refractivity contribution is -0.137. The van der Waals surface area contributed by atoms with Gasteiger partial charge in [0.1, 0.15) is 17.0 Å². The number of hydrogen-bond donors (Lipinski definition) is 2. The number of carbonyl (C=O) groups excluding carboxylic acids is 3. The molecule has 1 saturated heterocycles. The molecule has 2 aliphatic heterocycles. The maximum atomic E-state index is 12.2. The largest absolute Gasteiger partial charge is 0.733 e. The normalized spacial score (nSPS) is 20.1. The molecule has 0 atom stereocenters. The second-order valence-corrected chi connectivity index (χ2v) is 5.97. The summed E-state index contributed by atoms with van der Waals surface area (Å²) in [6, 6.07) is 5.81. The van der Waals surface area contributed by atoms with Crippen LogP contribution in [0.3, 0.4) is 0 Å². The van der Waals surface area contributed by atoms with Crippen molar-refractivity contribution < 1.29 is 24.3 Å². The number of cyclic esters (lactones) is 1. The Bertz CT molecular complexity index is 963. The molecule has 1 aromatic rings. The van der Waals surface area contributed by atoms with E-state index in [9.17, 15) is 19.6 Å². The number of anilines is 1. The highest BCUT2D eigenvalue weighted by Crippen LogP contribution is 2.23. The molecule has 3 rings (SSSR count). The number of rotatable bonds is 3. The van der Waals surface area contributed by atoms with Crippen molar-refractivity contribution >= 4 is 46.8 Å². The smallest absolute Gasteiger partial charge is 0.348 e. The van der Waals surface area contributed by atoms with Gasteiger partial charge >= 0.3 is 5.97 Å². The van der Waals surface area contributed by atoms with Gasteiger partial charge < -0.3 is 15.2 Å². The molecule has 0 bridgehead atoms. The van der Waals surface area contributed by atoms with E-state index in [1.165, 1.54) is 36.1 Å². The quantitative estimate of drug-likeness (QED) is 0.260. The van der Waals surface area contributed by atoms with E-state index in [0.29, 0.717) is 5.56 Å². The molecular formula is C17H12N3O6S-. The molecule has 138 valence electrons. The number of nitrogens with one attached hydrogen (secondary N) is 1. The number of carbonyl (C=O) groups is 3. The van der Waals surface area contributed by atoms with Crippen molar-refractivity contribution in [1.29, 1.82) is 0 Å². The highest BCUT2D eigenvalue weighted by atomic mass is 32.1. The maximum absolute atomic E-state index is 12.2. The minimum atomic E-state index is -0.856. The van der Waals surface area contributed by atoms with Crippen LogP contribution in [0.15, 0.2) is 53.6 Å². The van der Waals surface area contributed by atoms with Gasteiger partial charge in [-0.1, -0.05) is 12.1 Å². The number of allylic oxidation sites excluding steroid dienone is 2. The van der Waals surface area contributed by atoms with Crippen molar-refractivity contribution in [2.45, 2.75) is 6.92 Å². The van der Waals surface area contributed by atoms with Crippen LogP contribution in [0.2, 0.25) is 0 Å². The summed E-state index contributed by atoms with van der Waals surface area (Å²) in [5.41, 5.74) is 0.0999. The van der Waals surface area contributed by atoms with Gasteiger partial charge in [0, 0.05) is 12.3 Å². The number of esters is 1. The van der Waals surface area contributed by atoms with E-state index in [4.69, 9.17) is 22.2 Å². The van der Waals surface area contributed by atoms with Crippen LogP contribution in [0.4, 0.5) is 5.69 Å². The molecule has 1 fully saturated rings. The first-order valence-corrected chi connectivity index (χ1v) is 7.96. The third-order valence-corrected chi connectivity index (χ3v) is 3.96. The van der Waals surface area contributed by atoms with Crippen LogP contribution in [0.1, 0.15) is 12.5 Å². The minimum Gasteiger partial charge on any atom is -0.733 e. The van der Waals surface area contributed by atoms with Crippen molar-refractivity contribution in [1.82, 2.24) is 10.2 Å². The topological polar surface area (TPSA) is 122 Å². The van der Waals surface area contributed by atoms with Gasteiger partial charge in [-0.3, -0.25) is 25.0 Å². The van der Waals surface area contributed by atoms with Crippen molar-refractivity contribution in [3.63, 3.8) is 0 Å². The van der Waals surface area contributed by atoms with Gasteiger partial charge in [-0.05, 0) is 42.9 Å². The molecule has 2 aliphatic rings. The Kier molecular flexibility index (Phi) is 4.86. The Morgan fingerprint density at radius 2 is 2.07 bits per heavy atom. The van der Waals surface area contributed by atoms with Gasteiger partial charge in [-0.2, -0.15) is 0 Å². The monoisotopic (exact) mass is 386 g/mol. The highest BCUT2D eigenvalue weighted by Gasteiger charge is 2.32. The van der Waals surface area contributed by atoms with Crippen LogP contribution in [0.25, 0.3) is 6.08 Å². The average Bonchev–Trinajstić information content (AvgIpc) is 2.84. The van der Waals surface area contributed by atoms with Gasteiger partial charge in [0.05, 0.1) is 5.69 Å². The standard InChI is InChI=1S/C17H12N3O6S/c1-9-5-14(21)12(16(23)26-9)8-19-13(15(22)18-17(19)27)7-10-3-2-4-11(6-10)20(24)25/h2-8,24H,1H3,(H,18,22,27)/q-1/b12-8-,13-7+. The molecule has 0 radical (unpaired) electrons. The Morgan fingerprint density at radius 1 is 1.33 bits per heavy atom. The zero-order valence-electron chi connectivity index (χ0n) is 13.8. The lowest BCUT2D eigenvalue weighted by Gasteiger charge is -2.21. The Hall–Kier alpha value is -3.34. The third-order valence-electron chi connectivity index (χ3n) is 3.66. The zero-order valence-corrected chi connectivity index (χ0v) is 14.6. The molecule has 27 heavy (non-hydrogen) atoms. The molecule has 0 aliphatic carbocycles. The average molecular weight is 386 g/mol. The molecule has 1 amide bonds. The predicted molar refractivity (Wildman–Crippen MR) is 97.6 cm³/mol. The number of amides is 1. The fourth-order valence-electron chi connectivity index (χ4n) is 2.43. The van der Waals surface area contributed by atoms with Crippen molar-refractivity contribution in [2.75, 3.05) is 5.23 Å². The van der Waals surface area contributed by atoms with Crippen molar-refractivity contribution in [2.24, 2.45) is 0 Å². The van der Waals surface area contributed by atoms with Crippen molar-refractivity contribution in [3.8, 4) is 0 Å². The number of nitrogens with zero attached hydrogens (tertiary/aromatic N) is 2. The minimum absolute atomic E-state index is 0.0203. The first-order chi connectivity index (χ1) is 12.8. The summed E-state index contributed by atoms with van der Waals surface area (Å²) in [5.74, 6) is -1.83. The Morgan fingerprint density at radius 3 is 2.74 bits per heavy atom. The molecule has 0 aromatic heterocycles. The molecule has 0 unspecified atom stereocenters. The first-order valence-electron chi connectivity index (χ1n) is 7.55. The van der Waals surface area contributed by atoms with Crippen LogP contribution < -0.4 is 10.5 Å². The molecule has 1 aromatic carbocycles. The molecular weight excluding hydrogens is 374 g/mol. The highest BCUT2D eigenvalue weighted by molar-refractivity contribution is 7.80. The number of ether oxygens (including phenoxy) is 1. The lowest BCUT2D eigenvalue weighted by atomic mass is 10.1. The van der Waals surface area contributed by atoms with E-state index in [1.807, 2.05) is 0 Å². The Balaban J connectivity index is 2.02. The number of benzene rings is 1. The van der Waals surface area contributed by atoms with E-state index in [0.717, 1.165) is 12.3 Å². The zero-order chi connectivity index (χ0) is 19.7. The van der Waals surface area contributed by atoms with E-state index >= 15 is 0 Å². The van der Waals surface area contributed by atoms with E-state index in [2.05, 4.69) is 5.32 Å². The number of thiocarbonyl (C=S) groups is 1. The van der Waals surface area contributed by atoms with Crippen LogP contribution in [-0.2, 0) is 19.1 Å².